The number of morpholine rings is 1. The molecular formula is C12H27NO4Si. The number of nitrogens with zero attached hydrogens (tertiary/aromatic N) is 1. The molecule has 0 amide bonds. The predicted octanol–water partition coefficient (Wildman–Crippen LogP) is 1.37. The van der Waals surface area contributed by atoms with E-state index in [0.717, 1.165) is 38.9 Å². The fourth-order valence-electron chi connectivity index (χ4n) is 2.12. The van der Waals surface area contributed by atoms with Crippen molar-refractivity contribution >= 4 is 8.80 Å². The van der Waals surface area contributed by atoms with Crippen LogP contribution in [-0.4, -0.2) is 66.4 Å². The standard InChI is InChI=1S/C12H27NO4Si/c1-4-15-18(16-5-2,17-6-3)12-9-13-7-10-14-11-8-13/h4-12H2,1-3H3. The zero-order chi connectivity index (χ0) is 13.3. The molecule has 0 atom stereocenters. The first kappa shape index (κ1) is 16.1. The Labute approximate surface area is 112 Å². The van der Waals surface area contributed by atoms with E-state index in [1.807, 2.05) is 20.8 Å². The highest BCUT2D eigenvalue weighted by Gasteiger charge is 2.40. The van der Waals surface area contributed by atoms with Crippen LogP contribution in [0.5, 0.6) is 0 Å². The van der Waals surface area contributed by atoms with Gasteiger partial charge in [0.05, 0.1) is 13.2 Å². The minimum atomic E-state index is -2.46. The van der Waals surface area contributed by atoms with E-state index in [1.165, 1.54) is 0 Å². The van der Waals surface area contributed by atoms with Crippen molar-refractivity contribution in [1.82, 2.24) is 4.90 Å². The molecule has 0 N–H and O–H groups in total. The summed E-state index contributed by atoms with van der Waals surface area (Å²) in [5, 5.41) is 0. The van der Waals surface area contributed by atoms with Gasteiger partial charge in [0.1, 0.15) is 0 Å². The zero-order valence-electron chi connectivity index (χ0n) is 11.9. The first-order chi connectivity index (χ1) is 8.76. The average molecular weight is 277 g/mol. The molecule has 1 fully saturated rings. The van der Waals surface area contributed by atoms with Crippen LogP contribution < -0.4 is 0 Å². The molecule has 1 aliphatic rings. The van der Waals surface area contributed by atoms with Gasteiger partial charge in [-0.2, -0.15) is 0 Å². The molecule has 5 nitrogen and oxygen atoms in total. The first-order valence-corrected chi connectivity index (χ1v) is 8.91. The molecule has 1 rings (SSSR count). The average Bonchev–Trinajstić information content (AvgIpc) is 2.39. The summed E-state index contributed by atoms with van der Waals surface area (Å²) in [6.45, 7) is 12.5. The lowest BCUT2D eigenvalue weighted by Gasteiger charge is -2.32. The van der Waals surface area contributed by atoms with Crippen LogP contribution in [0.15, 0.2) is 0 Å². The van der Waals surface area contributed by atoms with Crippen molar-refractivity contribution in [3.8, 4) is 0 Å². The highest BCUT2D eigenvalue weighted by molar-refractivity contribution is 6.60. The van der Waals surface area contributed by atoms with Crippen molar-refractivity contribution in [2.24, 2.45) is 0 Å². The smallest absolute Gasteiger partial charge is 0.379 e. The summed E-state index contributed by atoms with van der Waals surface area (Å²) in [7, 11) is -2.46. The highest BCUT2D eigenvalue weighted by Crippen LogP contribution is 2.17. The van der Waals surface area contributed by atoms with Crippen LogP contribution in [0.3, 0.4) is 0 Å². The van der Waals surface area contributed by atoms with Gasteiger partial charge in [0, 0.05) is 45.5 Å². The van der Waals surface area contributed by atoms with E-state index in [-0.39, 0.29) is 0 Å². The normalized spacial score (nSPS) is 18.2. The third kappa shape index (κ3) is 5.34. The molecule has 0 saturated carbocycles. The summed E-state index contributed by atoms with van der Waals surface area (Å²) in [5.74, 6) is 0. The summed E-state index contributed by atoms with van der Waals surface area (Å²) in [5.41, 5.74) is 0. The van der Waals surface area contributed by atoms with Gasteiger partial charge in [-0.15, -0.1) is 0 Å². The summed E-state index contributed by atoms with van der Waals surface area (Å²) >= 11 is 0. The quantitative estimate of drug-likeness (QED) is 0.595. The summed E-state index contributed by atoms with van der Waals surface area (Å²) < 4.78 is 22.9. The Kier molecular flexibility index (Phi) is 8.04. The Hall–Kier alpha value is 0.0169. The van der Waals surface area contributed by atoms with Crippen LogP contribution in [0.1, 0.15) is 20.8 Å². The van der Waals surface area contributed by atoms with Crippen molar-refractivity contribution in [2.45, 2.75) is 26.8 Å². The lowest BCUT2D eigenvalue weighted by atomic mass is 10.4. The predicted molar refractivity (Wildman–Crippen MR) is 72.7 cm³/mol. The van der Waals surface area contributed by atoms with E-state index in [2.05, 4.69) is 4.90 Å². The Morgan fingerprint density at radius 2 is 1.44 bits per heavy atom. The molecule has 0 bridgehead atoms. The molecule has 0 unspecified atom stereocenters. The third-order valence-corrected chi connectivity index (χ3v) is 5.95. The maximum Gasteiger partial charge on any atom is 0.502 e. The maximum absolute atomic E-state index is 5.84. The van der Waals surface area contributed by atoms with Gasteiger partial charge in [0.15, 0.2) is 0 Å². The number of rotatable bonds is 9. The van der Waals surface area contributed by atoms with Gasteiger partial charge in [-0.05, 0) is 20.8 Å². The fourth-order valence-corrected chi connectivity index (χ4v) is 4.71. The third-order valence-electron chi connectivity index (χ3n) is 2.93. The molecule has 18 heavy (non-hydrogen) atoms. The lowest BCUT2D eigenvalue weighted by Crippen LogP contribution is -2.49. The van der Waals surface area contributed by atoms with Crippen molar-refractivity contribution < 1.29 is 18.0 Å². The monoisotopic (exact) mass is 277 g/mol. The Morgan fingerprint density at radius 1 is 0.944 bits per heavy atom. The number of hydrogen-bond donors (Lipinski definition) is 0. The van der Waals surface area contributed by atoms with Crippen LogP contribution in [-0.2, 0) is 18.0 Å². The second-order valence-electron chi connectivity index (χ2n) is 4.19. The second kappa shape index (κ2) is 9.01. The Bertz CT molecular complexity index is 195. The summed E-state index contributed by atoms with van der Waals surface area (Å²) in [4.78, 5) is 2.39. The molecule has 108 valence electrons. The van der Waals surface area contributed by atoms with E-state index >= 15 is 0 Å². The van der Waals surface area contributed by atoms with E-state index in [0.29, 0.717) is 19.8 Å². The first-order valence-electron chi connectivity index (χ1n) is 6.98. The maximum atomic E-state index is 5.84. The minimum Gasteiger partial charge on any atom is -0.379 e. The van der Waals surface area contributed by atoms with E-state index in [1.54, 1.807) is 0 Å². The number of ether oxygens (including phenoxy) is 1. The van der Waals surface area contributed by atoms with Gasteiger partial charge in [-0.25, -0.2) is 0 Å². The molecule has 0 radical (unpaired) electrons. The number of hydrogen-bond acceptors (Lipinski definition) is 5. The molecule has 0 aromatic carbocycles. The Morgan fingerprint density at radius 3 is 1.89 bits per heavy atom. The highest BCUT2D eigenvalue weighted by atomic mass is 28.4. The van der Waals surface area contributed by atoms with E-state index < -0.39 is 8.80 Å². The van der Waals surface area contributed by atoms with Crippen molar-refractivity contribution in [1.29, 1.82) is 0 Å². The molecule has 1 aliphatic heterocycles. The van der Waals surface area contributed by atoms with E-state index in [9.17, 15) is 0 Å². The molecule has 6 heteroatoms. The second-order valence-corrected chi connectivity index (χ2v) is 6.92. The van der Waals surface area contributed by atoms with Crippen LogP contribution in [0.4, 0.5) is 0 Å². The molecule has 0 aliphatic carbocycles. The molecule has 1 heterocycles. The van der Waals surface area contributed by atoms with Crippen LogP contribution in [0.25, 0.3) is 0 Å². The molecule has 1 saturated heterocycles. The van der Waals surface area contributed by atoms with Crippen molar-refractivity contribution in [3.63, 3.8) is 0 Å². The van der Waals surface area contributed by atoms with Gasteiger partial charge in [-0.3, -0.25) is 4.90 Å². The van der Waals surface area contributed by atoms with E-state index in [4.69, 9.17) is 18.0 Å². The largest absolute Gasteiger partial charge is 0.502 e. The van der Waals surface area contributed by atoms with Crippen molar-refractivity contribution in [2.75, 3.05) is 52.7 Å². The molecule has 0 aromatic heterocycles. The SMILES string of the molecule is CCO[Si](CCN1CCOCC1)(OCC)OCC. The topological polar surface area (TPSA) is 40.2 Å². The van der Waals surface area contributed by atoms with Gasteiger partial charge < -0.3 is 18.0 Å². The van der Waals surface area contributed by atoms with Gasteiger partial charge >= 0.3 is 8.80 Å². The van der Waals surface area contributed by atoms with Crippen molar-refractivity contribution in [3.05, 3.63) is 0 Å². The van der Waals surface area contributed by atoms with Crippen LogP contribution in [0, 0.1) is 0 Å². The van der Waals surface area contributed by atoms with Gasteiger partial charge in [0.2, 0.25) is 0 Å². The minimum absolute atomic E-state index is 0.648. The van der Waals surface area contributed by atoms with Crippen LogP contribution in [0.2, 0.25) is 6.04 Å². The lowest BCUT2D eigenvalue weighted by molar-refractivity contribution is 0.0321. The van der Waals surface area contributed by atoms with Gasteiger partial charge in [-0.1, -0.05) is 0 Å². The Balaban J connectivity index is 2.46. The molecule has 0 spiro atoms. The summed E-state index contributed by atoms with van der Waals surface area (Å²) in [6, 6.07) is 0.864. The van der Waals surface area contributed by atoms with Gasteiger partial charge in [0.25, 0.3) is 0 Å². The zero-order valence-corrected chi connectivity index (χ0v) is 12.9. The molecular weight excluding hydrogens is 250 g/mol. The fraction of sp³-hybridized carbons (Fsp3) is 1.00. The van der Waals surface area contributed by atoms with Crippen LogP contribution >= 0.6 is 0 Å². The summed E-state index contributed by atoms with van der Waals surface area (Å²) in [6.07, 6.45) is 0. The molecule has 0 aromatic rings.